The second kappa shape index (κ2) is 5.83. The molecule has 1 aromatic heterocycles. The molecular weight excluding hydrogens is 345 g/mol. The van der Waals surface area contributed by atoms with E-state index in [9.17, 15) is 23.1 Å². The van der Waals surface area contributed by atoms with Crippen LogP contribution in [0.1, 0.15) is 21.6 Å². The number of nitrogens with zero attached hydrogens (tertiary/aromatic N) is 2. The zero-order valence-electron chi connectivity index (χ0n) is 12.0. The first-order valence-corrected chi connectivity index (χ1v) is 7.19. The maximum Gasteiger partial charge on any atom is 0.416 e. The fourth-order valence-electron chi connectivity index (χ4n) is 2.52. The molecule has 0 unspecified atom stereocenters. The summed E-state index contributed by atoms with van der Waals surface area (Å²) in [5, 5.41) is 13.5. The topological polar surface area (TPSA) is 55.1 Å². The number of carboxylic acid groups (broad SMARTS) is 1. The van der Waals surface area contributed by atoms with Crippen molar-refractivity contribution >= 4 is 28.5 Å². The van der Waals surface area contributed by atoms with Crippen LogP contribution in [0.15, 0.2) is 42.5 Å². The van der Waals surface area contributed by atoms with Gasteiger partial charge in [0.2, 0.25) is 0 Å². The fraction of sp³-hybridized carbons (Fsp3) is 0.125. The van der Waals surface area contributed by atoms with Crippen LogP contribution in [-0.4, -0.2) is 20.9 Å². The molecule has 0 aliphatic rings. The summed E-state index contributed by atoms with van der Waals surface area (Å²) in [4.78, 5) is 11.3. The van der Waals surface area contributed by atoms with E-state index in [0.717, 1.165) is 6.07 Å². The van der Waals surface area contributed by atoms with Crippen LogP contribution < -0.4 is 0 Å². The number of carboxylic acids is 1. The van der Waals surface area contributed by atoms with E-state index in [0.29, 0.717) is 10.9 Å². The molecule has 0 fully saturated rings. The number of para-hydroxylation sites is 1. The van der Waals surface area contributed by atoms with Gasteiger partial charge < -0.3 is 5.11 Å². The van der Waals surface area contributed by atoms with Gasteiger partial charge in [-0.3, -0.25) is 4.68 Å². The summed E-state index contributed by atoms with van der Waals surface area (Å²) in [6.07, 6.45) is -4.57. The van der Waals surface area contributed by atoms with E-state index in [1.54, 1.807) is 24.3 Å². The molecule has 0 amide bonds. The van der Waals surface area contributed by atoms with Crippen molar-refractivity contribution in [1.82, 2.24) is 9.78 Å². The van der Waals surface area contributed by atoms with Gasteiger partial charge in [0.15, 0.2) is 5.69 Å². The summed E-state index contributed by atoms with van der Waals surface area (Å²) < 4.78 is 40.8. The van der Waals surface area contributed by atoms with E-state index in [-0.39, 0.29) is 22.8 Å². The number of aromatic carboxylic acids is 1. The first kappa shape index (κ1) is 16.3. The summed E-state index contributed by atoms with van der Waals surface area (Å²) >= 11 is 5.67. The first-order valence-electron chi connectivity index (χ1n) is 6.82. The Labute approximate surface area is 139 Å². The molecule has 3 aromatic rings. The Morgan fingerprint density at radius 1 is 1.21 bits per heavy atom. The minimum atomic E-state index is -4.57. The zero-order chi connectivity index (χ0) is 17.5. The average molecular weight is 355 g/mol. The summed E-state index contributed by atoms with van der Waals surface area (Å²) in [5.74, 6) is -1.24. The minimum Gasteiger partial charge on any atom is -0.476 e. The highest BCUT2D eigenvalue weighted by Gasteiger charge is 2.33. The molecule has 0 radical (unpaired) electrons. The fourth-order valence-corrected chi connectivity index (χ4v) is 2.69. The maximum atomic E-state index is 13.2. The maximum absolute atomic E-state index is 13.2. The van der Waals surface area contributed by atoms with Crippen molar-refractivity contribution in [2.24, 2.45) is 0 Å². The second-order valence-electron chi connectivity index (χ2n) is 5.13. The Balaban J connectivity index is 2.13. The largest absolute Gasteiger partial charge is 0.476 e. The van der Waals surface area contributed by atoms with E-state index in [1.807, 2.05) is 0 Å². The minimum absolute atomic E-state index is 0.0253. The van der Waals surface area contributed by atoms with Crippen molar-refractivity contribution in [2.75, 3.05) is 0 Å². The SMILES string of the molecule is O=C(O)c1nn(Cc2ccc(Cl)cc2C(F)(F)F)c2ccccc12. The standard InChI is InChI=1S/C16H10ClF3N2O2/c17-10-6-5-9(12(7-10)16(18,19)20)8-22-13-4-2-1-3-11(13)14(21-22)15(23)24/h1-7H,8H2,(H,23,24). The van der Waals surface area contributed by atoms with Crippen LogP contribution in [0.4, 0.5) is 13.2 Å². The van der Waals surface area contributed by atoms with Crippen molar-refractivity contribution in [2.45, 2.75) is 12.7 Å². The van der Waals surface area contributed by atoms with Crippen LogP contribution in [0, 0.1) is 0 Å². The lowest BCUT2D eigenvalue weighted by Gasteiger charge is -2.13. The van der Waals surface area contributed by atoms with Crippen molar-refractivity contribution < 1.29 is 23.1 Å². The van der Waals surface area contributed by atoms with E-state index in [2.05, 4.69) is 5.10 Å². The quantitative estimate of drug-likeness (QED) is 0.755. The van der Waals surface area contributed by atoms with E-state index >= 15 is 0 Å². The van der Waals surface area contributed by atoms with Gasteiger partial charge in [0, 0.05) is 10.4 Å². The van der Waals surface area contributed by atoms with Crippen LogP contribution in [0.25, 0.3) is 10.9 Å². The van der Waals surface area contributed by atoms with Gasteiger partial charge in [-0.25, -0.2) is 4.79 Å². The molecule has 0 saturated carbocycles. The second-order valence-corrected chi connectivity index (χ2v) is 5.56. The van der Waals surface area contributed by atoms with Crippen LogP contribution in [0.3, 0.4) is 0 Å². The van der Waals surface area contributed by atoms with Crippen LogP contribution in [0.2, 0.25) is 5.02 Å². The number of hydrogen-bond donors (Lipinski definition) is 1. The van der Waals surface area contributed by atoms with Gasteiger partial charge in [-0.2, -0.15) is 18.3 Å². The molecule has 0 aliphatic heterocycles. The molecule has 8 heteroatoms. The zero-order valence-corrected chi connectivity index (χ0v) is 12.8. The van der Waals surface area contributed by atoms with Gasteiger partial charge in [-0.05, 0) is 23.8 Å². The highest BCUT2D eigenvalue weighted by molar-refractivity contribution is 6.30. The molecular formula is C16H10ClF3N2O2. The van der Waals surface area contributed by atoms with E-state index < -0.39 is 17.7 Å². The molecule has 124 valence electrons. The van der Waals surface area contributed by atoms with Gasteiger partial charge in [-0.15, -0.1) is 0 Å². The molecule has 0 atom stereocenters. The molecule has 1 heterocycles. The average Bonchev–Trinajstić information content (AvgIpc) is 2.87. The number of carbonyl (C=O) groups is 1. The van der Waals surface area contributed by atoms with Crippen molar-refractivity contribution in [3.63, 3.8) is 0 Å². The van der Waals surface area contributed by atoms with Crippen molar-refractivity contribution in [3.8, 4) is 0 Å². The number of benzene rings is 2. The number of hydrogen-bond acceptors (Lipinski definition) is 2. The highest BCUT2D eigenvalue weighted by atomic mass is 35.5. The van der Waals surface area contributed by atoms with E-state index in [4.69, 9.17) is 11.6 Å². The number of aromatic nitrogens is 2. The van der Waals surface area contributed by atoms with Crippen molar-refractivity contribution in [1.29, 1.82) is 0 Å². The monoisotopic (exact) mass is 354 g/mol. The Morgan fingerprint density at radius 2 is 1.92 bits per heavy atom. The van der Waals surface area contributed by atoms with Gasteiger partial charge in [0.25, 0.3) is 0 Å². The smallest absolute Gasteiger partial charge is 0.416 e. The number of halogens is 4. The number of rotatable bonds is 3. The highest BCUT2D eigenvalue weighted by Crippen LogP contribution is 2.34. The molecule has 0 aliphatic carbocycles. The molecule has 0 spiro atoms. The summed E-state index contributed by atoms with van der Waals surface area (Å²) in [6.45, 7) is -0.222. The van der Waals surface area contributed by atoms with Crippen LogP contribution in [0.5, 0.6) is 0 Å². The molecule has 1 N–H and O–H groups in total. The first-order chi connectivity index (χ1) is 11.3. The number of fused-ring (bicyclic) bond motifs is 1. The molecule has 24 heavy (non-hydrogen) atoms. The summed E-state index contributed by atoms with van der Waals surface area (Å²) in [6, 6.07) is 9.95. The van der Waals surface area contributed by atoms with Gasteiger partial charge in [0.1, 0.15) is 0 Å². The van der Waals surface area contributed by atoms with E-state index in [1.165, 1.54) is 16.8 Å². The third-order valence-corrected chi connectivity index (χ3v) is 3.79. The normalized spacial score (nSPS) is 11.8. The lowest BCUT2D eigenvalue weighted by atomic mass is 10.1. The molecule has 3 rings (SSSR count). The van der Waals surface area contributed by atoms with Crippen molar-refractivity contribution in [3.05, 3.63) is 64.3 Å². The molecule has 4 nitrogen and oxygen atoms in total. The lowest BCUT2D eigenvalue weighted by Crippen LogP contribution is -2.13. The van der Waals surface area contributed by atoms with Crippen LogP contribution >= 0.6 is 11.6 Å². The predicted octanol–water partition coefficient (Wildman–Crippen LogP) is 4.46. The molecule has 0 saturated heterocycles. The van der Waals surface area contributed by atoms with Crippen LogP contribution in [-0.2, 0) is 12.7 Å². The Hall–Kier alpha value is -2.54. The Kier molecular flexibility index (Phi) is 3.96. The Morgan fingerprint density at radius 3 is 2.58 bits per heavy atom. The Bertz CT molecular complexity index is 935. The van der Waals surface area contributed by atoms with Gasteiger partial charge in [-0.1, -0.05) is 35.9 Å². The lowest BCUT2D eigenvalue weighted by molar-refractivity contribution is -0.138. The molecule has 2 aromatic carbocycles. The number of alkyl halides is 3. The van der Waals surface area contributed by atoms with Gasteiger partial charge in [0.05, 0.1) is 17.6 Å². The van der Waals surface area contributed by atoms with Gasteiger partial charge >= 0.3 is 12.1 Å². The summed E-state index contributed by atoms with van der Waals surface area (Å²) in [7, 11) is 0. The predicted molar refractivity (Wildman–Crippen MR) is 82.2 cm³/mol. The third-order valence-electron chi connectivity index (χ3n) is 3.56. The molecule has 0 bridgehead atoms. The third kappa shape index (κ3) is 2.94. The summed E-state index contributed by atoms with van der Waals surface area (Å²) in [5.41, 5.74) is -0.672.